The maximum Gasteiger partial charge on any atom is 0.223 e. The minimum absolute atomic E-state index is 0.253. The highest BCUT2D eigenvalue weighted by Gasteiger charge is 2.30. The van der Waals surface area contributed by atoms with Crippen LogP contribution in [0.5, 0.6) is 0 Å². The van der Waals surface area contributed by atoms with E-state index in [0.29, 0.717) is 18.9 Å². The van der Waals surface area contributed by atoms with Gasteiger partial charge >= 0.3 is 0 Å². The van der Waals surface area contributed by atoms with E-state index in [9.17, 15) is 4.79 Å². The predicted octanol–water partition coefficient (Wildman–Crippen LogP) is 3.85. The average molecular weight is 348 g/mol. The van der Waals surface area contributed by atoms with E-state index in [1.807, 2.05) is 46.9 Å². The normalized spacial score (nSPS) is 17.4. The smallest absolute Gasteiger partial charge is 0.223 e. The predicted molar refractivity (Wildman–Crippen MR) is 102 cm³/mol. The van der Waals surface area contributed by atoms with Crippen LogP contribution in [0.25, 0.3) is 16.8 Å². The Labute approximate surface area is 153 Å². The third-order valence-electron chi connectivity index (χ3n) is 5.22. The number of nitrogens with zero attached hydrogens (tertiary/aromatic N) is 4. The zero-order valence-electron chi connectivity index (χ0n) is 15.4. The lowest BCUT2D eigenvalue weighted by Gasteiger charge is -2.16. The fraction of sp³-hybridized carbons (Fsp3) is 0.381. The van der Waals surface area contributed by atoms with Crippen molar-refractivity contribution in [1.82, 2.24) is 19.5 Å². The van der Waals surface area contributed by atoms with Crippen molar-refractivity contribution < 1.29 is 4.79 Å². The first-order chi connectivity index (χ1) is 12.7. The molecule has 0 saturated carbocycles. The second-order valence-electron chi connectivity index (χ2n) is 7.17. The molecular weight excluding hydrogens is 324 g/mol. The van der Waals surface area contributed by atoms with Gasteiger partial charge in [0.05, 0.1) is 12.2 Å². The molecule has 2 aromatic heterocycles. The van der Waals surface area contributed by atoms with E-state index >= 15 is 0 Å². The largest absolute Gasteiger partial charge is 0.338 e. The monoisotopic (exact) mass is 348 g/mol. The lowest BCUT2D eigenvalue weighted by molar-refractivity contribution is -0.128. The van der Waals surface area contributed by atoms with Gasteiger partial charge in [0.25, 0.3) is 0 Å². The van der Waals surface area contributed by atoms with Gasteiger partial charge < -0.3 is 4.90 Å². The SMILES string of the molecule is CCCC1CC(=O)N(Cc2c(C)nn3cc(-c4ccccc4)cnc23)C1. The number of likely N-dealkylation sites (tertiary alicyclic amines) is 1. The van der Waals surface area contributed by atoms with Crippen LogP contribution in [0.4, 0.5) is 0 Å². The summed E-state index contributed by atoms with van der Waals surface area (Å²) in [5, 5.41) is 4.64. The van der Waals surface area contributed by atoms with Crippen molar-refractivity contribution in [3.05, 3.63) is 54.0 Å². The minimum atomic E-state index is 0.253. The van der Waals surface area contributed by atoms with Crippen molar-refractivity contribution in [2.45, 2.75) is 39.7 Å². The lowest BCUT2D eigenvalue weighted by atomic mass is 10.0. The molecule has 1 aliphatic rings. The van der Waals surface area contributed by atoms with E-state index in [2.05, 4.69) is 29.1 Å². The zero-order chi connectivity index (χ0) is 18.1. The van der Waals surface area contributed by atoms with Gasteiger partial charge in [-0.05, 0) is 24.8 Å². The molecule has 0 aliphatic carbocycles. The molecule has 1 aliphatic heterocycles. The Morgan fingerprint density at radius 3 is 2.77 bits per heavy atom. The molecule has 3 heterocycles. The number of hydrogen-bond acceptors (Lipinski definition) is 3. The fourth-order valence-electron chi connectivity index (χ4n) is 3.86. The summed E-state index contributed by atoms with van der Waals surface area (Å²) in [6.07, 6.45) is 6.83. The fourth-order valence-corrected chi connectivity index (χ4v) is 3.86. The molecule has 0 radical (unpaired) electrons. The molecule has 1 amide bonds. The van der Waals surface area contributed by atoms with Gasteiger partial charge in [-0.1, -0.05) is 43.7 Å². The van der Waals surface area contributed by atoms with E-state index in [-0.39, 0.29) is 5.91 Å². The molecular formula is C21H24N4O. The molecule has 4 rings (SSSR count). The van der Waals surface area contributed by atoms with Gasteiger partial charge in [-0.15, -0.1) is 0 Å². The number of amides is 1. The van der Waals surface area contributed by atoms with Crippen LogP contribution < -0.4 is 0 Å². The van der Waals surface area contributed by atoms with Crippen molar-refractivity contribution in [1.29, 1.82) is 0 Å². The highest BCUT2D eigenvalue weighted by atomic mass is 16.2. The number of carbonyl (C=O) groups is 1. The topological polar surface area (TPSA) is 50.5 Å². The molecule has 5 heteroatoms. The Balaban J connectivity index is 1.62. The van der Waals surface area contributed by atoms with Gasteiger partial charge in [-0.25, -0.2) is 9.50 Å². The highest BCUT2D eigenvalue weighted by molar-refractivity contribution is 5.79. The zero-order valence-corrected chi connectivity index (χ0v) is 15.4. The van der Waals surface area contributed by atoms with E-state index < -0.39 is 0 Å². The maximum atomic E-state index is 12.4. The van der Waals surface area contributed by atoms with Crippen LogP contribution >= 0.6 is 0 Å². The molecule has 0 bridgehead atoms. The number of hydrogen-bond donors (Lipinski definition) is 0. The van der Waals surface area contributed by atoms with Gasteiger partial charge in [0.1, 0.15) is 0 Å². The molecule has 1 atom stereocenters. The molecule has 3 aromatic rings. The molecule has 1 fully saturated rings. The first-order valence-corrected chi connectivity index (χ1v) is 9.32. The molecule has 5 nitrogen and oxygen atoms in total. The third kappa shape index (κ3) is 3.09. The van der Waals surface area contributed by atoms with Gasteiger partial charge in [0, 0.05) is 36.5 Å². The summed E-state index contributed by atoms with van der Waals surface area (Å²) in [6.45, 7) is 5.63. The van der Waals surface area contributed by atoms with Crippen molar-refractivity contribution in [2.75, 3.05) is 6.54 Å². The van der Waals surface area contributed by atoms with Gasteiger partial charge in [0.15, 0.2) is 5.65 Å². The second kappa shape index (κ2) is 6.90. The number of rotatable bonds is 5. The number of fused-ring (bicyclic) bond motifs is 1. The Morgan fingerprint density at radius 1 is 1.19 bits per heavy atom. The number of aryl methyl sites for hydroxylation is 1. The molecule has 26 heavy (non-hydrogen) atoms. The maximum absolute atomic E-state index is 12.4. The van der Waals surface area contributed by atoms with Crippen LogP contribution in [0, 0.1) is 12.8 Å². The molecule has 134 valence electrons. The summed E-state index contributed by atoms with van der Waals surface area (Å²) in [5.41, 5.74) is 4.99. The van der Waals surface area contributed by atoms with Gasteiger partial charge in [0.2, 0.25) is 5.91 Å². The van der Waals surface area contributed by atoms with Crippen molar-refractivity contribution in [3.8, 4) is 11.1 Å². The molecule has 0 N–H and O–H groups in total. The first kappa shape index (κ1) is 16.8. The van der Waals surface area contributed by atoms with Crippen LogP contribution in [0.15, 0.2) is 42.7 Å². The Hall–Kier alpha value is -2.69. The van der Waals surface area contributed by atoms with Gasteiger partial charge in [-0.3, -0.25) is 4.79 Å². The van der Waals surface area contributed by atoms with Crippen LogP contribution in [-0.4, -0.2) is 31.9 Å². The Kier molecular flexibility index (Phi) is 4.45. The van der Waals surface area contributed by atoms with E-state index in [1.165, 1.54) is 0 Å². The number of benzene rings is 1. The van der Waals surface area contributed by atoms with Crippen LogP contribution in [-0.2, 0) is 11.3 Å². The van der Waals surface area contributed by atoms with Crippen LogP contribution in [0.3, 0.4) is 0 Å². The quantitative estimate of drug-likeness (QED) is 0.704. The summed E-state index contributed by atoms with van der Waals surface area (Å²) in [5.74, 6) is 0.746. The summed E-state index contributed by atoms with van der Waals surface area (Å²) < 4.78 is 1.84. The Morgan fingerprint density at radius 2 is 2.00 bits per heavy atom. The van der Waals surface area contributed by atoms with Crippen molar-refractivity contribution >= 4 is 11.6 Å². The summed E-state index contributed by atoms with van der Waals surface area (Å²) in [4.78, 5) is 19.0. The van der Waals surface area contributed by atoms with E-state index in [0.717, 1.165) is 47.4 Å². The van der Waals surface area contributed by atoms with Crippen LogP contribution in [0.2, 0.25) is 0 Å². The first-order valence-electron chi connectivity index (χ1n) is 9.32. The van der Waals surface area contributed by atoms with Crippen molar-refractivity contribution in [2.24, 2.45) is 5.92 Å². The summed E-state index contributed by atoms with van der Waals surface area (Å²) >= 11 is 0. The molecule has 1 unspecified atom stereocenters. The lowest BCUT2D eigenvalue weighted by Crippen LogP contribution is -2.25. The molecule has 1 saturated heterocycles. The number of carbonyl (C=O) groups excluding carboxylic acids is 1. The van der Waals surface area contributed by atoms with Crippen molar-refractivity contribution in [3.63, 3.8) is 0 Å². The standard InChI is InChI=1S/C21H24N4O/c1-3-7-16-10-20(26)24(12-16)14-19-15(2)23-25-13-18(11-22-21(19)25)17-8-5-4-6-9-17/h4-6,8-9,11,13,16H,3,7,10,12,14H2,1-2H3. The Bertz CT molecular complexity index is 932. The van der Waals surface area contributed by atoms with E-state index in [1.54, 1.807) is 0 Å². The summed E-state index contributed by atoms with van der Waals surface area (Å²) in [6, 6.07) is 10.2. The molecule has 1 aromatic carbocycles. The van der Waals surface area contributed by atoms with E-state index in [4.69, 9.17) is 0 Å². The highest BCUT2D eigenvalue weighted by Crippen LogP contribution is 2.26. The summed E-state index contributed by atoms with van der Waals surface area (Å²) in [7, 11) is 0. The molecule has 0 spiro atoms. The van der Waals surface area contributed by atoms with Gasteiger partial charge in [-0.2, -0.15) is 5.10 Å². The average Bonchev–Trinajstić information content (AvgIpc) is 3.15. The number of aromatic nitrogens is 3. The minimum Gasteiger partial charge on any atom is -0.338 e. The second-order valence-corrected chi connectivity index (χ2v) is 7.17. The third-order valence-corrected chi connectivity index (χ3v) is 5.22. The van der Waals surface area contributed by atoms with Crippen LogP contribution in [0.1, 0.15) is 37.4 Å².